The van der Waals surface area contributed by atoms with Crippen LogP contribution in [0.5, 0.6) is 0 Å². The first-order valence-electron chi connectivity index (χ1n) is 4.06. The van der Waals surface area contributed by atoms with Crippen molar-refractivity contribution in [2.45, 2.75) is 0 Å². The van der Waals surface area contributed by atoms with E-state index in [1.807, 2.05) is 0 Å². The van der Waals surface area contributed by atoms with Crippen molar-refractivity contribution in [2.24, 2.45) is 5.73 Å². The van der Waals surface area contributed by atoms with Crippen molar-refractivity contribution in [1.29, 1.82) is 5.41 Å². The van der Waals surface area contributed by atoms with Crippen molar-refractivity contribution in [3.63, 3.8) is 0 Å². The van der Waals surface area contributed by atoms with Crippen molar-refractivity contribution >= 4 is 29.3 Å². The molecule has 0 saturated carbocycles. The lowest BCUT2D eigenvalue weighted by molar-refractivity contribution is 0.0410. The fourth-order valence-corrected chi connectivity index (χ4v) is 1.68. The van der Waals surface area contributed by atoms with Crippen LogP contribution in [0.4, 0.5) is 0 Å². The van der Waals surface area contributed by atoms with Gasteiger partial charge in [0.25, 0.3) is 0 Å². The lowest BCUT2D eigenvalue weighted by atomic mass is 10.4. The van der Waals surface area contributed by atoms with E-state index in [4.69, 9.17) is 15.9 Å². The molecule has 0 aromatic rings. The second kappa shape index (κ2) is 7.44. The highest BCUT2D eigenvalue weighted by molar-refractivity contribution is 8.13. The maximum atomic E-state index is 7.01. The molecule has 1 aliphatic heterocycles. The van der Waals surface area contributed by atoms with E-state index in [1.165, 1.54) is 11.8 Å². The van der Waals surface area contributed by atoms with E-state index in [0.717, 1.165) is 38.6 Å². The van der Waals surface area contributed by atoms with E-state index in [9.17, 15) is 0 Å². The van der Waals surface area contributed by atoms with Gasteiger partial charge in [-0.3, -0.25) is 10.3 Å². The Balaban J connectivity index is 0.00000144. The van der Waals surface area contributed by atoms with Gasteiger partial charge in [0.15, 0.2) is 5.17 Å². The third kappa shape index (κ3) is 6.15. The average molecular weight is 226 g/mol. The summed E-state index contributed by atoms with van der Waals surface area (Å²) in [5.41, 5.74) is 5.21. The van der Waals surface area contributed by atoms with Gasteiger partial charge < -0.3 is 10.5 Å². The molecule has 0 bridgehead atoms. The van der Waals surface area contributed by atoms with Gasteiger partial charge in [-0.2, -0.15) is 0 Å². The molecule has 0 radical (unpaired) electrons. The van der Waals surface area contributed by atoms with Gasteiger partial charge >= 0.3 is 0 Å². The van der Waals surface area contributed by atoms with Gasteiger partial charge in [0.1, 0.15) is 0 Å². The van der Waals surface area contributed by atoms with Crippen LogP contribution in [0.1, 0.15) is 0 Å². The molecule has 78 valence electrons. The number of thioether (sulfide) groups is 1. The second-order valence-electron chi connectivity index (χ2n) is 2.67. The molecule has 0 aliphatic carbocycles. The first kappa shape index (κ1) is 13.0. The predicted octanol–water partition coefficient (Wildman–Crippen LogP) is 0.367. The van der Waals surface area contributed by atoms with Crippen molar-refractivity contribution < 1.29 is 4.74 Å². The monoisotopic (exact) mass is 225 g/mol. The third-order valence-corrected chi connectivity index (χ3v) is 2.47. The van der Waals surface area contributed by atoms with Crippen LogP contribution in [0.2, 0.25) is 0 Å². The maximum absolute atomic E-state index is 7.01. The Labute approximate surface area is 89.1 Å². The van der Waals surface area contributed by atoms with Gasteiger partial charge in [0.2, 0.25) is 0 Å². The topological polar surface area (TPSA) is 62.3 Å². The number of hydrogen-bond donors (Lipinski definition) is 2. The summed E-state index contributed by atoms with van der Waals surface area (Å²) in [4.78, 5) is 2.33. The molecule has 0 aromatic carbocycles. The number of nitrogens with zero attached hydrogens (tertiary/aromatic N) is 1. The zero-order valence-electron chi connectivity index (χ0n) is 7.49. The lowest BCUT2D eigenvalue weighted by Crippen LogP contribution is -2.37. The van der Waals surface area contributed by atoms with Crippen LogP contribution in [0, 0.1) is 5.41 Å². The molecule has 1 heterocycles. The van der Waals surface area contributed by atoms with Crippen molar-refractivity contribution in [3.05, 3.63) is 0 Å². The Kier molecular flexibility index (Phi) is 7.45. The standard InChI is InChI=1S/C7H15N3OS.ClH/c8-7(9)12-6-3-10-1-4-11-5-2-10;/h1-6H2,(H3,8,9);1H. The summed E-state index contributed by atoms with van der Waals surface area (Å²) in [5, 5.41) is 7.22. The van der Waals surface area contributed by atoms with E-state index in [2.05, 4.69) is 4.90 Å². The highest BCUT2D eigenvalue weighted by atomic mass is 35.5. The quantitative estimate of drug-likeness (QED) is 0.538. The molecule has 0 amide bonds. The number of morpholine rings is 1. The fourth-order valence-electron chi connectivity index (χ4n) is 1.11. The molecule has 1 rings (SSSR count). The molecule has 6 heteroatoms. The molecular weight excluding hydrogens is 210 g/mol. The van der Waals surface area contributed by atoms with Crippen LogP contribution >= 0.6 is 24.2 Å². The van der Waals surface area contributed by atoms with Crippen LogP contribution in [0.25, 0.3) is 0 Å². The van der Waals surface area contributed by atoms with Gasteiger partial charge in [0, 0.05) is 25.4 Å². The summed E-state index contributed by atoms with van der Waals surface area (Å²) in [6.45, 7) is 4.71. The Morgan fingerprint density at radius 3 is 2.62 bits per heavy atom. The Morgan fingerprint density at radius 2 is 2.08 bits per heavy atom. The number of nitrogens with one attached hydrogen (secondary N) is 1. The number of hydrogen-bond acceptors (Lipinski definition) is 4. The Hall–Kier alpha value is 0.0300. The molecule has 0 spiro atoms. The molecule has 0 atom stereocenters. The van der Waals surface area contributed by atoms with Crippen molar-refractivity contribution in [3.8, 4) is 0 Å². The van der Waals surface area contributed by atoms with E-state index in [1.54, 1.807) is 0 Å². The van der Waals surface area contributed by atoms with Crippen LogP contribution < -0.4 is 5.73 Å². The van der Waals surface area contributed by atoms with Crippen molar-refractivity contribution in [2.75, 3.05) is 38.6 Å². The van der Waals surface area contributed by atoms with E-state index in [-0.39, 0.29) is 17.6 Å². The number of halogens is 1. The fraction of sp³-hybridized carbons (Fsp3) is 0.857. The molecule has 13 heavy (non-hydrogen) atoms. The summed E-state index contributed by atoms with van der Waals surface area (Å²) in [6.07, 6.45) is 0. The zero-order valence-corrected chi connectivity index (χ0v) is 9.12. The maximum Gasteiger partial charge on any atom is 0.151 e. The van der Waals surface area contributed by atoms with Gasteiger partial charge in [-0.25, -0.2) is 0 Å². The number of amidine groups is 1. The van der Waals surface area contributed by atoms with Crippen LogP contribution in [-0.4, -0.2) is 48.7 Å². The molecule has 3 N–H and O–H groups in total. The van der Waals surface area contributed by atoms with E-state index >= 15 is 0 Å². The first-order chi connectivity index (χ1) is 5.79. The summed E-state index contributed by atoms with van der Waals surface area (Å²) in [6, 6.07) is 0. The van der Waals surface area contributed by atoms with Gasteiger partial charge in [-0.1, -0.05) is 11.8 Å². The molecule has 1 aliphatic rings. The van der Waals surface area contributed by atoms with Gasteiger partial charge in [-0.15, -0.1) is 12.4 Å². The molecule has 1 fully saturated rings. The van der Waals surface area contributed by atoms with Gasteiger partial charge in [0.05, 0.1) is 13.2 Å². The summed E-state index contributed by atoms with van der Waals surface area (Å²) in [5.74, 6) is 0.912. The van der Waals surface area contributed by atoms with E-state index < -0.39 is 0 Å². The largest absolute Gasteiger partial charge is 0.379 e. The lowest BCUT2D eigenvalue weighted by Gasteiger charge is -2.26. The van der Waals surface area contributed by atoms with Crippen molar-refractivity contribution in [1.82, 2.24) is 4.90 Å². The first-order valence-corrected chi connectivity index (χ1v) is 5.04. The summed E-state index contributed by atoms with van der Waals surface area (Å²) in [7, 11) is 0. The van der Waals surface area contributed by atoms with Crippen LogP contribution in [0.3, 0.4) is 0 Å². The van der Waals surface area contributed by atoms with Gasteiger partial charge in [-0.05, 0) is 0 Å². The second-order valence-corrected chi connectivity index (χ2v) is 3.80. The normalized spacial score (nSPS) is 17.8. The number of rotatable bonds is 3. The highest BCUT2D eigenvalue weighted by Crippen LogP contribution is 2.01. The molecule has 4 nitrogen and oxygen atoms in total. The third-order valence-electron chi connectivity index (χ3n) is 1.77. The Morgan fingerprint density at radius 1 is 1.46 bits per heavy atom. The zero-order chi connectivity index (χ0) is 8.81. The van der Waals surface area contributed by atoms with Crippen LogP contribution in [0.15, 0.2) is 0 Å². The molecule has 0 unspecified atom stereocenters. The highest BCUT2D eigenvalue weighted by Gasteiger charge is 2.09. The molecule has 0 aromatic heterocycles. The minimum Gasteiger partial charge on any atom is -0.379 e. The van der Waals surface area contributed by atoms with E-state index in [0.29, 0.717) is 0 Å². The van der Waals surface area contributed by atoms with Crippen LogP contribution in [-0.2, 0) is 4.74 Å². The summed E-state index contributed by atoms with van der Waals surface area (Å²) < 4.78 is 5.21. The molecule has 1 saturated heterocycles. The number of ether oxygens (including phenoxy) is 1. The SMILES string of the molecule is Cl.N=C(N)SCCN1CCOCC1. The molecular formula is C7H16ClN3OS. The average Bonchev–Trinajstić information content (AvgIpc) is 2.05. The predicted molar refractivity (Wildman–Crippen MR) is 58.9 cm³/mol. The minimum atomic E-state index is 0. The Bertz CT molecular complexity index is 153. The minimum absolute atomic E-state index is 0. The smallest absolute Gasteiger partial charge is 0.151 e. The summed E-state index contributed by atoms with van der Waals surface area (Å²) >= 11 is 1.40. The number of nitrogens with two attached hydrogens (primary N) is 1.